The van der Waals surface area contributed by atoms with Gasteiger partial charge in [0.15, 0.2) is 0 Å². The van der Waals surface area contributed by atoms with Crippen molar-refractivity contribution in [3.63, 3.8) is 0 Å². The zero-order chi connectivity index (χ0) is 35.1. The fraction of sp³-hybridized carbons (Fsp3) is 0.316. The topological polar surface area (TPSA) is 83.1 Å². The molecule has 0 aliphatic heterocycles. The van der Waals surface area contributed by atoms with E-state index in [9.17, 15) is 22.4 Å². The van der Waals surface area contributed by atoms with Crippen LogP contribution in [0.5, 0.6) is 0 Å². The van der Waals surface area contributed by atoms with Gasteiger partial charge in [-0.25, -0.2) is 22.5 Å². The second kappa shape index (κ2) is 15.8. The summed E-state index contributed by atoms with van der Waals surface area (Å²) in [6.45, 7) is 12.3. The first-order chi connectivity index (χ1) is 22.9. The van der Waals surface area contributed by atoms with Crippen LogP contribution in [0.25, 0.3) is 16.6 Å². The average molecular weight is 660 g/mol. The first-order valence-corrected chi connectivity index (χ1v) is 16.0. The SMILES string of the molecule is C=C/C=C\N=C(C)c1ccc2c(=O)n(-c3ccc(CC)c(C(=N)CC)c3NCC(F)F)c(C(Cc3cc(F)cc(F)c3)C(C)C)nc2c1. The van der Waals surface area contributed by atoms with Crippen molar-refractivity contribution in [2.75, 3.05) is 11.9 Å². The summed E-state index contributed by atoms with van der Waals surface area (Å²) in [5, 5.41) is 11.9. The van der Waals surface area contributed by atoms with Crippen molar-refractivity contribution in [1.29, 1.82) is 5.41 Å². The largest absolute Gasteiger partial charge is 0.377 e. The molecule has 1 atom stereocenters. The van der Waals surface area contributed by atoms with E-state index < -0.39 is 36.1 Å². The Bertz CT molecular complexity index is 1920. The molecule has 0 bridgehead atoms. The molecular weight excluding hydrogens is 618 g/mol. The van der Waals surface area contributed by atoms with Crippen molar-refractivity contribution < 1.29 is 17.6 Å². The molecule has 6 nitrogen and oxygen atoms in total. The molecule has 10 heteroatoms. The minimum atomic E-state index is -2.70. The molecule has 48 heavy (non-hydrogen) atoms. The van der Waals surface area contributed by atoms with Gasteiger partial charge in [0.05, 0.1) is 28.8 Å². The minimum absolute atomic E-state index is 0.140. The molecule has 0 saturated carbocycles. The Balaban J connectivity index is 2.12. The summed E-state index contributed by atoms with van der Waals surface area (Å²) in [5.41, 5.74) is 3.68. The van der Waals surface area contributed by atoms with Crippen molar-refractivity contribution in [2.45, 2.75) is 66.2 Å². The van der Waals surface area contributed by atoms with Gasteiger partial charge in [-0.2, -0.15) is 0 Å². The van der Waals surface area contributed by atoms with Crippen LogP contribution in [0.3, 0.4) is 0 Å². The zero-order valence-corrected chi connectivity index (χ0v) is 27.9. The van der Waals surface area contributed by atoms with Gasteiger partial charge in [0.2, 0.25) is 0 Å². The van der Waals surface area contributed by atoms with Crippen LogP contribution in [0.4, 0.5) is 23.2 Å². The van der Waals surface area contributed by atoms with Crippen LogP contribution >= 0.6 is 0 Å². The van der Waals surface area contributed by atoms with Gasteiger partial charge in [0, 0.05) is 35.2 Å². The molecule has 0 radical (unpaired) electrons. The van der Waals surface area contributed by atoms with Gasteiger partial charge in [0.1, 0.15) is 17.5 Å². The molecule has 4 aromatic rings. The number of alkyl halides is 2. The summed E-state index contributed by atoms with van der Waals surface area (Å²) >= 11 is 0. The molecule has 0 amide bonds. The molecule has 3 aromatic carbocycles. The first-order valence-electron chi connectivity index (χ1n) is 16.0. The van der Waals surface area contributed by atoms with Crippen LogP contribution in [-0.2, 0) is 12.8 Å². The lowest BCUT2D eigenvalue weighted by Gasteiger charge is -2.27. The van der Waals surface area contributed by atoms with E-state index in [0.29, 0.717) is 41.0 Å². The van der Waals surface area contributed by atoms with Gasteiger partial charge in [-0.05, 0) is 85.2 Å². The second-order valence-electron chi connectivity index (χ2n) is 11.9. The maximum Gasteiger partial charge on any atom is 0.266 e. The summed E-state index contributed by atoms with van der Waals surface area (Å²) < 4.78 is 57.5. The van der Waals surface area contributed by atoms with Crippen LogP contribution in [0.15, 0.2) is 83.2 Å². The fourth-order valence-corrected chi connectivity index (χ4v) is 5.80. The van der Waals surface area contributed by atoms with Crippen molar-refractivity contribution in [2.24, 2.45) is 10.9 Å². The van der Waals surface area contributed by atoms with Crippen molar-refractivity contribution in [3.8, 4) is 5.69 Å². The molecule has 1 aromatic heterocycles. The number of aliphatic imine (C=N–C) groups is 1. The Morgan fingerprint density at radius 3 is 2.40 bits per heavy atom. The molecule has 1 heterocycles. The van der Waals surface area contributed by atoms with Crippen LogP contribution in [-0.4, -0.2) is 33.9 Å². The smallest absolute Gasteiger partial charge is 0.266 e. The van der Waals surface area contributed by atoms with Crippen LogP contribution in [0.1, 0.15) is 75.0 Å². The van der Waals surface area contributed by atoms with Gasteiger partial charge < -0.3 is 10.7 Å². The molecule has 252 valence electrons. The van der Waals surface area contributed by atoms with E-state index in [1.54, 1.807) is 48.7 Å². The van der Waals surface area contributed by atoms with E-state index in [0.717, 1.165) is 17.2 Å². The van der Waals surface area contributed by atoms with Gasteiger partial charge in [-0.1, -0.05) is 52.5 Å². The molecule has 4 rings (SSSR count). The number of aryl methyl sites for hydroxylation is 1. The quantitative estimate of drug-likeness (QED) is 0.0805. The minimum Gasteiger partial charge on any atom is -0.377 e. The third kappa shape index (κ3) is 7.98. The Kier molecular flexibility index (Phi) is 11.9. The molecule has 0 fully saturated rings. The molecule has 0 saturated heterocycles. The number of fused-ring (bicyclic) bond motifs is 1. The standard InChI is InChI=1S/C38H41F4N5O/c1-7-10-15-44-23(6)26-11-13-29-32(19-26)46-37(30(22(4)5)18-24-16-27(39)20-28(40)17-24)47(38(29)48)33-14-12-25(8-2)35(31(43)9-3)36(33)45-21-34(41)42/h7,10-17,19-20,22,30,34,43,45H,1,8-9,18,21H2,2-6H3/b15-10-,43-31?,44-23?. The van der Waals surface area contributed by atoms with E-state index in [1.165, 1.54) is 16.7 Å². The highest BCUT2D eigenvalue weighted by Gasteiger charge is 2.28. The summed E-state index contributed by atoms with van der Waals surface area (Å²) in [5.74, 6) is -1.87. The van der Waals surface area contributed by atoms with Crippen LogP contribution in [0, 0.1) is 23.0 Å². The summed E-state index contributed by atoms with van der Waals surface area (Å²) in [6, 6.07) is 12.0. The molecule has 0 aliphatic rings. The molecule has 1 unspecified atom stereocenters. The highest BCUT2D eigenvalue weighted by Crippen LogP contribution is 2.35. The van der Waals surface area contributed by atoms with Gasteiger partial charge >= 0.3 is 0 Å². The second-order valence-corrected chi connectivity index (χ2v) is 11.9. The number of anilines is 1. The molecule has 0 aliphatic carbocycles. The first kappa shape index (κ1) is 36.0. The Morgan fingerprint density at radius 1 is 1.08 bits per heavy atom. The number of hydrogen-bond donors (Lipinski definition) is 2. The average Bonchev–Trinajstić information content (AvgIpc) is 3.04. The van der Waals surface area contributed by atoms with E-state index in [-0.39, 0.29) is 34.8 Å². The number of aromatic nitrogens is 2. The van der Waals surface area contributed by atoms with Crippen LogP contribution in [0.2, 0.25) is 0 Å². The number of nitrogens with one attached hydrogen (secondary N) is 2. The number of halogens is 4. The lowest BCUT2D eigenvalue weighted by Crippen LogP contribution is -2.30. The zero-order valence-electron chi connectivity index (χ0n) is 27.9. The molecule has 0 spiro atoms. The lowest BCUT2D eigenvalue weighted by atomic mass is 9.87. The highest BCUT2D eigenvalue weighted by molar-refractivity contribution is 6.06. The Hall–Kier alpha value is -4.86. The van der Waals surface area contributed by atoms with Gasteiger partial charge in [-0.15, -0.1) is 0 Å². The number of allylic oxidation sites excluding steroid dienone is 2. The van der Waals surface area contributed by atoms with Crippen molar-refractivity contribution in [3.05, 3.63) is 124 Å². The maximum atomic E-state index is 14.6. The predicted octanol–water partition coefficient (Wildman–Crippen LogP) is 9.17. The number of hydrogen-bond acceptors (Lipinski definition) is 5. The summed E-state index contributed by atoms with van der Waals surface area (Å²) in [6.07, 6.45) is 3.21. The fourth-order valence-electron chi connectivity index (χ4n) is 5.80. The van der Waals surface area contributed by atoms with Gasteiger partial charge in [0.25, 0.3) is 12.0 Å². The van der Waals surface area contributed by atoms with E-state index in [2.05, 4.69) is 16.9 Å². The maximum absolute atomic E-state index is 14.6. The number of rotatable bonds is 14. The van der Waals surface area contributed by atoms with Crippen molar-refractivity contribution >= 4 is 28.0 Å². The predicted molar refractivity (Wildman–Crippen MR) is 188 cm³/mol. The van der Waals surface area contributed by atoms with E-state index in [4.69, 9.17) is 10.4 Å². The number of nitrogens with zero attached hydrogens (tertiary/aromatic N) is 3. The monoisotopic (exact) mass is 659 g/mol. The third-order valence-electron chi connectivity index (χ3n) is 8.30. The Morgan fingerprint density at radius 2 is 1.79 bits per heavy atom. The summed E-state index contributed by atoms with van der Waals surface area (Å²) in [4.78, 5) is 24.1. The Labute approximate surface area is 278 Å². The van der Waals surface area contributed by atoms with Gasteiger partial charge in [-0.3, -0.25) is 14.4 Å². The van der Waals surface area contributed by atoms with E-state index >= 15 is 0 Å². The summed E-state index contributed by atoms with van der Waals surface area (Å²) in [7, 11) is 0. The third-order valence-corrected chi connectivity index (χ3v) is 8.30. The van der Waals surface area contributed by atoms with Crippen molar-refractivity contribution in [1.82, 2.24) is 9.55 Å². The number of benzene rings is 3. The normalized spacial score (nSPS) is 12.8. The highest BCUT2D eigenvalue weighted by atomic mass is 19.3. The van der Waals surface area contributed by atoms with E-state index in [1.807, 2.05) is 34.6 Å². The molecular formula is C38H41F4N5O. The van der Waals surface area contributed by atoms with Crippen LogP contribution < -0.4 is 10.9 Å². The molecule has 2 N–H and O–H groups in total. The lowest BCUT2D eigenvalue weighted by molar-refractivity contribution is 0.163.